The summed E-state index contributed by atoms with van der Waals surface area (Å²) in [7, 11) is 0. The van der Waals surface area contributed by atoms with Crippen molar-refractivity contribution in [1.82, 2.24) is 4.90 Å². The van der Waals surface area contributed by atoms with E-state index in [1.54, 1.807) is 24.0 Å². The zero-order valence-corrected chi connectivity index (χ0v) is 10.6. The molecule has 0 bridgehead atoms. The van der Waals surface area contributed by atoms with Gasteiger partial charge in [0.25, 0.3) is 0 Å². The Balaban J connectivity index is 2.00. The molecule has 1 unspecified atom stereocenters. The first-order valence-corrected chi connectivity index (χ1v) is 6.33. The summed E-state index contributed by atoms with van der Waals surface area (Å²) in [5.41, 5.74) is 2.22. The van der Waals surface area contributed by atoms with Crippen molar-refractivity contribution in [3.63, 3.8) is 0 Å². The Morgan fingerprint density at radius 2 is 2.22 bits per heavy atom. The molecule has 98 valence electrons. The first-order chi connectivity index (χ1) is 8.56. The Morgan fingerprint density at radius 3 is 2.94 bits per heavy atom. The van der Waals surface area contributed by atoms with Gasteiger partial charge >= 0.3 is 0 Å². The minimum Gasteiger partial charge on any atom is -0.508 e. The third-order valence-corrected chi connectivity index (χ3v) is 3.33. The van der Waals surface area contributed by atoms with Gasteiger partial charge < -0.3 is 15.1 Å². The number of hydrogen-bond acceptors (Lipinski definition) is 3. The fourth-order valence-corrected chi connectivity index (χ4v) is 2.25. The summed E-state index contributed by atoms with van der Waals surface area (Å²) in [5.74, 6) is 0.317. The van der Waals surface area contributed by atoms with E-state index in [0.717, 1.165) is 18.5 Å². The highest BCUT2D eigenvalue weighted by molar-refractivity contribution is 5.76. The molecule has 1 aliphatic rings. The van der Waals surface area contributed by atoms with Crippen LogP contribution in [0.3, 0.4) is 0 Å². The average molecular weight is 249 g/mol. The molecular weight excluding hydrogens is 230 g/mol. The second kappa shape index (κ2) is 5.40. The summed E-state index contributed by atoms with van der Waals surface area (Å²) in [5, 5.41) is 18.6. The molecule has 18 heavy (non-hydrogen) atoms. The van der Waals surface area contributed by atoms with Crippen molar-refractivity contribution in [3.8, 4) is 5.75 Å². The number of hydrogen-bond donors (Lipinski definition) is 2. The maximum atomic E-state index is 11.9. The van der Waals surface area contributed by atoms with Gasteiger partial charge in [-0.25, -0.2) is 0 Å². The van der Waals surface area contributed by atoms with E-state index in [4.69, 9.17) is 0 Å². The highest BCUT2D eigenvalue weighted by Gasteiger charge is 2.20. The minimum absolute atomic E-state index is 0.0740. The topological polar surface area (TPSA) is 60.8 Å². The van der Waals surface area contributed by atoms with Crippen molar-refractivity contribution >= 4 is 5.91 Å². The molecule has 0 aliphatic carbocycles. The van der Waals surface area contributed by atoms with Crippen molar-refractivity contribution in [1.29, 1.82) is 0 Å². The lowest BCUT2D eigenvalue weighted by atomic mass is 9.99. The van der Waals surface area contributed by atoms with E-state index >= 15 is 0 Å². The van der Waals surface area contributed by atoms with E-state index < -0.39 is 6.10 Å². The highest BCUT2D eigenvalue weighted by atomic mass is 16.3. The van der Waals surface area contributed by atoms with E-state index in [1.165, 1.54) is 5.56 Å². The Bertz CT molecular complexity index is 443. The van der Waals surface area contributed by atoms with Crippen molar-refractivity contribution in [3.05, 3.63) is 29.3 Å². The van der Waals surface area contributed by atoms with E-state index in [1.807, 2.05) is 6.07 Å². The molecular formula is C14H19NO3. The van der Waals surface area contributed by atoms with Crippen LogP contribution in [0.2, 0.25) is 0 Å². The molecule has 1 aromatic rings. The van der Waals surface area contributed by atoms with Gasteiger partial charge in [0.2, 0.25) is 5.91 Å². The molecule has 1 amide bonds. The number of carbonyl (C=O) groups is 1. The number of aromatic hydroxyl groups is 1. The number of phenols is 1. The Kier molecular flexibility index (Phi) is 3.87. The number of fused-ring (bicyclic) bond motifs is 1. The van der Waals surface area contributed by atoms with Gasteiger partial charge in [0.15, 0.2) is 0 Å². The molecule has 1 aliphatic heterocycles. The summed E-state index contributed by atoms with van der Waals surface area (Å²) in [6.45, 7) is 2.97. The number of phenolic OH excluding ortho intramolecular Hbond substituents is 1. The molecule has 0 fully saturated rings. The zero-order valence-electron chi connectivity index (χ0n) is 10.6. The lowest BCUT2D eigenvalue weighted by Gasteiger charge is -2.29. The highest BCUT2D eigenvalue weighted by Crippen LogP contribution is 2.23. The number of aliphatic hydroxyl groups excluding tert-OH is 1. The van der Waals surface area contributed by atoms with Crippen LogP contribution in [0, 0.1) is 0 Å². The van der Waals surface area contributed by atoms with Crippen molar-refractivity contribution < 1.29 is 15.0 Å². The Hall–Kier alpha value is -1.55. The second-order valence-corrected chi connectivity index (χ2v) is 4.91. The molecule has 0 aromatic heterocycles. The number of rotatable bonds is 3. The molecule has 0 saturated heterocycles. The van der Waals surface area contributed by atoms with Crippen LogP contribution in [0.5, 0.6) is 5.75 Å². The molecule has 2 rings (SSSR count). The van der Waals surface area contributed by atoms with Gasteiger partial charge in [0.05, 0.1) is 6.10 Å². The predicted molar refractivity (Wildman–Crippen MR) is 68.1 cm³/mol. The summed E-state index contributed by atoms with van der Waals surface area (Å²) < 4.78 is 0. The normalized spacial score (nSPS) is 16.2. The molecule has 0 radical (unpaired) electrons. The molecule has 1 atom stereocenters. The zero-order chi connectivity index (χ0) is 13.1. The maximum Gasteiger partial charge on any atom is 0.222 e. The van der Waals surface area contributed by atoms with Gasteiger partial charge in [-0.2, -0.15) is 0 Å². The van der Waals surface area contributed by atoms with Crippen molar-refractivity contribution in [2.24, 2.45) is 0 Å². The van der Waals surface area contributed by atoms with Crippen molar-refractivity contribution in [2.45, 2.75) is 38.8 Å². The van der Waals surface area contributed by atoms with Gasteiger partial charge in [-0.05, 0) is 43.0 Å². The molecule has 1 heterocycles. The SMILES string of the molecule is CC(O)CCC(=O)N1CCc2ccc(O)cc2C1. The monoisotopic (exact) mass is 249 g/mol. The van der Waals surface area contributed by atoms with Crippen LogP contribution in [-0.4, -0.2) is 33.7 Å². The first kappa shape index (κ1) is 12.9. The quantitative estimate of drug-likeness (QED) is 0.852. The van der Waals surface area contributed by atoms with Gasteiger partial charge in [-0.3, -0.25) is 4.79 Å². The average Bonchev–Trinajstić information content (AvgIpc) is 2.34. The number of amides is 1. The standard InChI is InChI=1S/C14H19NO3/c1-10(16)2-5-14(18)15-7-6-11-3-4-13(17)8-12(11)9-15/h3-4,8,10,16-17H,2,5-7,9H2,1H3. The van der Waals surface area contributed by atoms with E-state index in [9.17, 15) is 15.0 Å². The van der Waals surface area contributed by atoms with Gasteiger partial charge in [0, 0.05) is 19.5 Å². The van der Waals surface area contributed by atoms with Gasteiger partial charge in [-0.15, -0.1) is 0 Å². The fraction of sp³-hybridized carbons (Fsp3) is 0.500. The summed E-state index contributed by atoms with van der Waals surface area (Å²) in [4.78, 5) is 13.7. The maximum absolute atomic E-state index is 11.9. The summed E-state index contributed by atoms with van der Waals surface area (Å²) in [6.07, 6.45) is 1.28. The number of carbonyl (C=O) groups excluding carboxylic acids is 1. The van der Waals surface area contributed by atoms with Crippen LogP contribution in [0.25, 0.3) is 0 Å². The van der Waals surface area contributed by atoms with Crippen molar-refractivity contribution in [2.75, 3.05) is 6.54 Å². The number of nitrogens with zero attached hydrogens (tertiary/aromatic N) is 1. The number of aliphatic hydroxyl groups is 1. The molecule has 4 heteroatoms. The largest absolute Gasteiger partial charge is 0.508 e. The molecule has 1 aromatic carbocycles. The lowest BCUT2D eigenvalue weighted by molar-refractivity contribution is -0.132. The smallest absolute Gasteiger partial charge is 0.222 e. The van der Waals surface area contributed by atoms with Crippen LogP contribution in [0.15, 0.2) is 18.2 Å². The van der Waals surface area contributed by atoms with Crippen LogP contribution in [0.4, 0.5) is 0 Å². The van der Waals surface area contributed by atoms with Crippen LogP contribution in [-0.2, 0) is 17.8 Å². The van der Waals surface area contributed by atoms with Crippen LogP contribution in [0.1, 0.15) is 30.9 Å². The minimum atomic E-state index is -0.435. The molecule has 2 N–H and O–H groups in total. The second-order valence-electron chi connectivity index (χ2n) is 4.91. The predicted octanol–water partition coefficient (Wildman–Crippen LogP) is 1.44. The Labute approximate surface area is 107 Å². The van der Waals surface area contributed by atoms with Crippen LogP contribution >= 0.6 is 0 Å². The summed E-state index contributed by atoms with van der Waals surface area (Å²) in [6, 6.07) is 5.33. The fourth-order valence-electron chi connectivity index (χ4n) is 2.25. The van der Waals surface area contributed by atoms with E-state index in [-0.39, 0.29) is 11.7 Å². The summed E-state index contributed by atoms with van der Waals surface area (Å²) >= 11 is 0. The molecule has 0 spiro atoms. The van der Waals surface area contributed by atoms with E-state index in [0.29, 0.717) is 19.4 Å². The van der Waals surface area contributed by atoms with Gasteiger partial charge in [0.1, 0.15) is 5.75 Å². The lowest BCUT2D eigenvalue weighted by Crippen LogP contribution is -2.36. The van der Waals surface area contributed by atoms with Crippen LogP contribution < -0.4 is 0 Å². The van der Waals surface area contributed by atoms with Gasteiger partial charge in [-0.1, -0.05) is 6.07 Å². The first-order valence-electron chi connectivity index (χ1n) is 6.33. The Morgan fingerprint density at radius 1 is 1.44 bits per heavy atom. The third kappa shape index (κ3) is 3.01. The van der Waals surface area contributed by atoms with E-state index in [2.05, 4.69) is 0 Å². The molecule has 0 saturated carbocycles. The molecule has 4 nitrogen and oxygen atoms in total. The number of benzene rings is 1. The third-order valence-electron chi connectivity index (χ3n) is 3.33.